The highest BCUT2D eigenvalue weighted by molar-refractivity contribution is 9.10. The van der Waals surface area contributed by atoms with Crippen molar-refractivity contribution in [2.24, 2.45) is 5.92 Å². The Morgan fingerprint density at radius 2 is 0.714 bits per heavy atom. The lowest BCUT2D eigenvalue weighted by atomic mass is 9.93. The van der Waals surface area contributed by atoms with Gasteiger partial charge in [-0.1, -0.05) is 188 Å². The molecule has 442 valence electrons. The molecule has 0 aliphatic rings. The van der Waals surface area contributed by atoms with Gasteiger partial charge < -0.3 is 0 Å². The fourth-order valence-electron chi connectivity index (χ4n) is 7.35. The number of terminal acetylenes is 7. The topological polar surface area (TPSA) is 0 Å². The standard InChI is InChI=1S/C22H14.C14H13Br.C14H10.C12H4F6.C10H4Cl2.C10H6/c1-3-9-19(10-4-1)15-17-21-13-7-8-14-22(21)18-16-20-11-5-2-6-12-20;1-5-12-8-11(7-10(3)4)9-14(15)13(12)6-2;1-5-11(4)14-10-8-9-12(6-2)13(14)7-3;13-11(14,15)7-5-9-3-1-2-4-10(9)6-8-12(16,17)18;11-7-5-9-3-1-2-4-10(9)6-8-12;1-3-9-7-5-6-8-10(9)4-2/h1-14H;1-2,8-10H,7H2,3-4H3;1-3,8-11H,4H3;1-4H;1-4H;1-2,5-8H. The summed E-state index contributed by atoms with van der Waals surface area (Å²) in [5, 5.41) is 4.59. The van der Waals surface area contributed by atoms with E-state index in [1.54, 1.807) is 11.8 Å². The van der Waals surface area contributed by atoms with Crippen molar-refractivity contribution in [1.82, 2.24) is 0 Å². The van der Waals surface area contributed by atoms with Crippen LogP contribution in [0.5, 0.6) is 0 Å². The van der Waals surface area contributed by atoms with Gasteiger partial charge in [0, 0.05) is 105 Å². The maximum atomic E-state index is 11.9. The maximum Gasteiger partial charge on any atom is 0.458 e. The predicted octanol–water partition coefficient (Wildman–Crippen LogP) is 18.4. The number of hydrogen-bond donors (Lipinski definition) is 0. The SMILES string of the molecule is C#Cc1cc(CC(C)C)cc(Br)c1C#C.C#Cc1cccc(C(C)C#C)c1C#C.C#Cc1ccccc1C#C.C(#Cc1ccccc1C#Cc1ccccc1)c1ccccc1.ClC#Cc1ccccc1C#CCl.FC(F)(F)C#Cc1ccccc1C#CC(F)(F)F. The summed E-state index contributed by atoms with van der Waals surface area (Å²) in [6.45, 7) is 6.29. The van der Waals surface area contributed by atoms with Crippen LogP contribution in [0.2, 0.25) is 0 Å². The summed E-state index contributed by atoms with van der Waals surface area (Å²) in [4.78, 5) is 0. The monoisotopic (exact) mass is 1300 g/mol. The van der Waals surface area contributed by atoms with Crippen LogP contribution in [0.15, 0.2) is 193 Å². The van der Waals surface area contributed by atoms with Gasteiger partial charge in [0.1, 0.15) is 0 Å². The van der Waals surface area contributed by atoms with E-state index in [9.17, 15) is 26.3 Å². The molecule has 0 radical (unpaired) electrons. The van der Waals surface area contributed by atoms with E-state index in [-0.39, 0.29) is 17.0 Å². The smallest absolute Gasteiger partial charge is 0.159 e. The van der Waals surface area contributed by atoms with Gasteiger partial charge in [-0.2, -0.15) is 26.3 Å². The number of alkyl halides is 6. The summed E-state index contributed by atoms with van der Waals surface area (Å²) in [7, 11) is 0. The first-order valence-electron chi connectivity index (χ1n) is 26.8. The minimum absolute atomic E-state index is 0.00523. The maximum absolute atomic E-state index is 11.9. The second-order valence-electron chi connectivity index (χ2n) is 18.5. The number of hydrogen-bond acceptors (Lipinski definition) is 0. The van der Waals surface area contributed by atoms with Crippen LogP contribution in [0.3, 0.4) is 0 Å². The third-order valence-corrected chi connectivity index (χ3v) is 12.3. The summed E-state index contributed by atoms with van der Waals surface area (Å²) in [5.41, 5.74) is 11.9. The summed E-state index contributed by atoms with van der Waals surface area (Å²) in [5.74, 6) is 42.3. The molecule has 0 aromatic heterocycles. The molecule has 91 heavy (non-hydrogen) atoms. The molecule has 8 aromatic rings. The van der Waals surface area contributed by atoms with Crippen molar-refractivity contribution in [3.8, 4) is 156 Å². The fourth-order valence-corrected chi connectivity index (χ4v) is 8.18. The van der Waals surface area contributed by atoms with E-state index in [0.717, 1.165) is 95.1 Å². The Bertz CT molecular complexity index is 4300. The molecule has 0 amide bonds. The molecule has 0 nitrogen and oxygen atoms in total. The molecule has 8 aromatic carbocycles. The first kappa shape index (κ1) is 73.9. The van der Waals surface area contributed by atoms with Crippen LogP contribution in [-0.2, 0) is 6.42 Å². The molecule has 0 aliphatic carbocycles. The molecule has 0 heterocycles. The average Bonchev–Trinajstić information content (AvgIpc) is 1.31. The largest absolute Gasteiger partial charge is 0.458 e. The van der Waals surface area contributed by atoms with Gasteiger partial charge in [-0.25, -0.2) is 0 Å². The van der Waals surface area contributed by atoms with E-state index in [1.807, 2.05) is 165 Å². The Hall–Kier alpha value is -11.3. The summed E-state index contributed by atoms with van der Waals surface area (Å²) in [6, 6.07) is 57.5. The van der Waals surface area contributed by atoms with Gasteiger partial charge in [0.2, 0.25) is 0 Å². The normalized spacial score (nSPS) is 9.47. The summed E-state index contributed by atoms with van der Waals surface area (Å²) >= 11 is 14.0. The lowest BCUT2D eigenvalue weighted by Crippen LogP contribution is -2.02. The summed E-state index contributed by atoms with van der Waals surface area (Å²) < 4.78 is 72.1. The van der Waals surface area contributed by atoms with Crippen LogP contribution in [0.4, 0.5) is 26.3 Å². The first-order chi connectivity index (χ1) is 43.7. The van der Waals surface area contributed by atoms with Crippen molar-refractivity contribution in [3.05, 3.63) is 282 Å². The van der Waals surface area contributed by atoms with E-state index >= 15 is 0 Å². The first-order valence-corrected chi connectivity index (χ1v) is 28.4. The fraction of sp³-hybridized carbons (Fsp3) is 0.0976. The molecule has 0 N–H and O–H groups in total. The highest BCUT2D eigenvalue weighted by Crippen LogP contribution is 2.24. The molecule has 8 rings (SSSR count). The van der Waals surface area contributed by atoms with Gasteiger partial charge in [-0.3, -0.25) is 0 Å². The molecule has 0 saturated carbocycles. The Kier molecular flexibility index (Phi) is 32.7. The van der Waals surface area contributed by atoms with E-state index in [1.165, 1.54) is 29.8 Å². The van der Waals surface area contributed by atoms with Crippen LogP contribution in [-0.4, -0.2) is 12.4 Å². The Morgan fingerprint density at radius 1 is 0.374 bits per heavy atom. The van der Waals surface area contributed by atoms with E-state index in [2.05, 4.69) is 124 Å². The minimum Gasteiger partial charge on any atom is -0.159 e. The molecule has 0 spiro atoms. The van der Waals surface area contributed by atoms with Gasteiger partial charge in [-0.15, -0.1) is 45.0 Å². The third kappa shape index (κ3) is 27.9. The zero-order valence-corrected chi connectivity index (χ0v) is 52.3. The second-order valence-corrected chi connectivity index (χ2v) is 19.7. The zero-order chi connectivity index (χ0) is 67.0. The van der Waals surface area contributed by atoms with Gasteiger partial charge in [0.05, 0.1) is 5.56 Å². The molecular weight excluding hydrogens is 1250 g/mol. The van der Waals surface area contributed by atoms with Crippen LogP contribution in [0.25, 0.3) is 0 Å². The minimum atomic E-state index is -4.70. The quantitative estimate of drug-likeness (QED) is 0.122. The number of rotatable bonds is 3. The Labute approximate surface area is 551 Å². The third-order valence-electron chi connectivity index (χ3n) is 11.5. The highest BCUT2D eigenvalue weighted by Gasteiger charge is 2.24. The predicted molar refractivity (Wildman–Crippen MR) is 366 cm³/mol. The van der Waals surface area contributed by atoms with Crippen molar-refractivity contribution >= 4 is 39.1 Å². The highest BCUT2D eigenvalue weighted by atomic mass is 79.9. The molecule has 0 saturated heterocycles. The number of benzene rings is 8. The van der Waals surface area contributed by atoms with Gasteiger partial charge in [0.25, 0.3) is 0 Å². The van der Waals surface area contributed by atoms with Crippen molar-refractivity contribution in [3.63, 3.8) is 0 Å². The lowest BCUT2D eigenvalue weighted by Gasteiger charge is -2.08. The Balaban J connectivity index is 0.000000290. The van der Waals surface area contributed by atoms with Crippen LogP contribution >= 0.6 is 39.1 Å². The second kappa shape index (κ2) is 40.2. The van der Waals surface area contributed by atoms with Crippen molar-refractivity contribution in [2.45, 2.75) is 45.5 Å². The average molecular weight is 1300 g/mol. The van der Waals surface area contributed by atoms with Crippen LogP contribution in [0, 0.1) is 162 Å². The van der Waals surface area contributed by atoms with E-state index < -0.39 is 12.4 Å². The van der Waals surface area contributed by atoms with E-state index in [0.29, 0.717) is 5.92 Å². The van der Waals surface area contributed by atoms with Gasteiger partial charge in [-0.05, 0) is 172 Å². The van der Waals surface area contributed by atoms with Crippen molar-refractivity contribution < 1.29 is 26.3 Å². The molecule has 1 unspecified atom stereocenters. The molecule has 0 bridgehead atoms. The molecule has 1 atom stereocenters. The van der Waals surface area contributed by atoms with Crippen LogP contribution in [0.1, 0.15) is 116 Å². The van der Waals surface area contributed by atoms with Crippen molar-refractivity contribution in [2.75, 3.05) is 0 Å². The molecule has 9 heteroatoms. The zero-order valence-electron chi connectivity index (χ0n) is 49.2. The van der Waals surface area contributed by atoms with Gasteiger partial charge in [0.15, 0.2) is 0 Å². The van der Waals surface area contributed by atoms with Crippen molar-refractivity contribution in [1.29, 1.82) is 0 Å². The lowest BCUT2D eigenvalue weighted by molar-refractivity contribution is -0.0706. The summed E-state index contributed by atoms with van der Waals surface area (Å²) in [6.07, 6.45) is 28.9. The van der Waals surface area contributed by atoms with Gasteiger partial charge >= 0.3 is 12.4 Å². The van der Waals surface area contributed by atoms with Crippen LogP contribution < -0.4 is 0 Å². The number of halogens is 9. The Morgan fingerprint density at radius 3 is 1.04 bits per heavy atom. The van der Waals surface area contributed by atoms with E-state index in [4.69, 9.17) is 68.2 Å². The molecular formula is C82H51BrCl2F6. The molecule has 0 fully saturated rings. The molecule has 0 aliphatic heterocycles.